The van der Waals surface area contributed by atoms with Crippen molar-refractivity contribution in [3.63, 3.8) is 0 Å². The normalized spacial score (nSPS) is 14.8. The topological polar surface area (TPSA) is 82.4 Å². The van der Waals surface area contributed by atoms with Crippen molar-refractivity contribution in [2.24, 2.45) is 4.99 Å². The lowest BCUT2D eigenvalue weighted by molar-refractivity contribution is 0.340. The highest BCUT2D eigenvalue weighted by molar-refractivity contribution is 7.89. The molecule has 10 heteroatoms. The van der Waals surface area contributed by atoms with E-state index in [4.69, 9.17) is 19.2 Å². The second kappa shape index (κ2) is 14.2. The van der Waals surface area contributed by atoms with E-state index in [9.17, 15) is 8.42 Å². The molecule has 1 aliphatic rings. The molecule has 0 aliphatic carbocycles. The SMILES string of the molecule is CCOc1ccc(N=c2scc(-c3ccc(S(=O)(=O)N4CCCCCC4)cc3)n2CCc2ccc(OC)c(OC)c2)cc1. The second-order valence-electron chi connectivity index (χ2n) is 10.4. The monoisotopic (exact) mass is 621 g/mol. The van der Waals surface area contributed by atoms with Gasteiger partial charge in [-0.25, -0.2) is 13.4 Å². The quantitative estimate of drug-likeness (QED) is 0.187. The van der Waals surface area contributed by atoms with Crippen LogP contribution in [-0.2, 0) is 23.0 Å². The number of methoxy groups -OCH3 is 2. The summed E-state index contributed by atoms with van der Waals surface area (Å²) in [7, 11) is -0.252. The van der Waals surface area contributed by atoms with Gasteiger partial charge in [-0.3, -0.25) is 0 Å². The van der Waals surface area contributed by atoms with E-state index in [1.54, 1.807) is 42.0 Å². The number of rotatable bonds is 11. The molecular weight excluding hydrogens is 583 g/mol. The van der Waals surface area contributed by atoms with Crippen molar-refractivity contribution in [3.8, 4) is 28.5 Å². The first kappa shape index (κ1) is 30.8. The van der Waals surface area contributed by atoms with Gasteiger partial charge in [-0.2, -0.15) is 4.31 Å². The molecule has 1 aliphatic heterocycles. The molecule has 4 aromatic rings. The fraction of sp³-hybridized carbons (Fsp3) is 0.364. The summed E-state index contributed by atoms with van der Waals surface area (Å²) in [6.07, 6.45) is 4.72. The maximum atomic E-state index is 13.4. The van der Waals surface area contributed by atoms with Crippen molar-refractivity contribution < 1.29 is 22.6 Å². The van der Waals surface area contributed by atoms with E-state index in [-0.39, 0.29) is 0 Å². The van der Waals surface area contributed by atoms with Crippen LogP contribution in [0.15, 0.2) is 82.0 Å². The van der Waals surface area contributed by atoms with Crippen LogP contribution >= 0.6 is 11.3 Å². The van der Waals surface area contributed by atoms with Crippen molar-refractivity contribution in [2.45, 2.75) is 50.5 Å². The lowest BCUT2D eigenvalue weighted by Gasteiger charge is -2.20. The summed E-state index contributed by atoms with van der Waals surface area (Å²) in [6.45, 7) is 4.41. The van der Waals surface area contributed by atoms with E-state index in [0.717, 1.165) is 65.2 Å². The molecule has 0 unspecified atom stereocenters. The van der Waals surface area contributed by atoms with Crippen LogP contribution in [0, 0.1) is 0 Å². The van der Waals surface area contributed by atoms with E-state index in [1.165, 1.54) is 0 Å². The summed E-state index contributed by atoms with van der Waals surface area (Å²) in [5, 5.41) is 2.08. The Morgan fingerprint density at radius 3 is 2.21 bits per heavy atom. The first-order valence-electron chi connectivity index (χ1n) is 14.7. The summed E-state index contributed by atoms with van der Waals surface area (Å²) in [4.78, 5) is 6.15. The van der Waals surface area contributed by atoms with Crippen molar-refractivity contribution >= 4 is 27.0 Å². The maximum absolute atomic E-state index is 13.4. The zero-order valence-electron chi connectivity index (χ0n) is 25.0. The van der Waals surface area contributed by atoms with Crippen LogP contribution in [0.1, 0.15) is 38.2 Å². The standard InChI is InChI=1S/C33H39N3O5S2/c1-4-41-28-14-12-27(13-15-28)34-33-36(22-19-25-9-18-31(39-2)32(23-25)40-3)30(24-42-33)26-10-16-29(17-11-26)43(37,38)35-20-7-5-6-8-21-35/h9-18,23-24H,4-8,19-22H2,1-3H3. The van der Waals surface area contributed by atoms with Crippen LogP contribution in [0.3, 0.4) is 0 Å². The molecule has 2 heterocycles. The van der Waals surface area contributed by atoms with Crippen LogP contribution in [0.2, 0.25) is 0 Å². The lowest BCUT2D eigenvalue weighted by Crippen LogP contribution is -2.31. The number of aromatic nitrogens is 1. The Morgan fingerprint density at radius 1 is 0.860 bits per heavy atom. The fourth-order valence-corrected chi connectivity index (χ4v) is 7.74. The average molecular weight is 622 g/mol. The predicted molar refractivity (Wildman–Crippen MR) is 171 cm³/mol. The molecule has 0 amide bonds. The van der Waals surface area contributed by atoms with E-state index < -0.39 is 10.0 Å². The van der Waals surface area contributed by atoms with Crippen LogP contribution in [0.25, 0.3) is 11.3 Å². The van der Waals surface area contributed by atoms with Gasteiger partial charge in [-0.15, -0.1) is 11.3 Å². The summed E-state index contributed by atoms with van der Waals surface area (Å²) >= 11 is 1.56. The Bertz CT molecular complexity index is 1670. The summed E-state index contributed by atoms with van der Waals surface area (Å²) < 4.78 is 47.1. The molecule has 8 nitrogen and oxygen atoms in total. The Balaban J connectivity index is 1.48. The van der Waals surface area contributed by atoms with Crippen molar-refractivity contribution in [2.75, 3.05) is 33.9 Å². The fourth-order valence-electron chi connectivity index (χ4n) is 5.27. The Labute approximate surface area is 258 Å². The van der Waals surface area contributed by atoms with Gasteiger partial charge in [0.05, 0.1) is 37.1 Å². The third-order valence-electron chi connectivity index (χ3n) is 7.60. The smallest absolute Gasteiger partial charge is 0.243 e. The van der Waals surface area contributed by atoms with E-state index in [2.05, 4.69) is 9.95 Å². The molecule has 228 valence electrons. The minimum absolute atomic E-state index is 0.338. The van der Waals surface area contributed by atoms with Gasteiger partial charge < -0.3 is 18.8 Å². The van der Waals surface area contributed by atoms with Gasteiger partial charge in [0.2, 0.25) is 10.0 Å². The lowest BCUT2D eigenvalue weighted by atomic mass is 10.1. The van der Waals surface area contributed by atoms with Crippen LogP contribution < -0.4 is 19.0 Å². The number of ether oxygens (including phenoxy) is 3. The maximum Gasteiger partial charge on any atom is 0.243 e. The highest BCUT2D eigenvalue weighted by Gasteiger charge is 2.25. The first-order valence-corrected chi connectivity index (χ1v) is 17.0. The molecule has 5 rings (SSSR count). The first-order chi connectivity index (χ1) is 20.9. The Hall–Kier alpha value is -3.60. The molecule has 0 bridgehead atoms. The van der Waals surface area contributed by atoms with Gasteiger partial charge in [-0.1, -0.05) is 31.0 Å². The summed E-state index contributed by atoms with van der Waals surface area (Å²) in [6, 6.07) is 21.0. The third-order valence-corrected chi connectivity index (χ3v) is 10.4. The van der Waals surface area contributed by atoms with Gasteiger partial charge in [0.15, 0.2) is 16.3 Å². The highest BCUT2D eigenvalue weighted by Crippen LogP contribution is 2.29. The molecule has 0 saturated carbocycles. The van der Waals surface area contributed by atoms with E-state index in [1.807, 2.05) is 61.5 Å². The van der Waals surface area contributed by atoms with E-state index in [0.29, 0.717) is 42.6 Å². The summed E-state index contributed by atoms with van der Waals surface area (Å²) in [5.41, 5.74) is 3.85. The van der Waals surface area contributed by atoms with Gasteiger partial charge in [-0.05, 0) is 85.8 Å². The zero-order valence-corrected chi connectivity index (χ0v) is 26.6. The van der Waals surface area contributed by atoms with Crippen LogP contribution in [0.5, 0.6) is 17.2 Å². The molecular formula is C33H39N3O5S2. The number of aryl methyl sites for hydroxylation is 1. The highest BCUT2D eigenvalue weighted by atomic mass is 32.2. The molecule has 0 spiro atoms. The average Bonchev–Trinajstić information content (AvgIpc) is 3.22. The van der Waals surface area contributed by atoms with Crippen LogP contribution in [0.4, 0.5) is 5.69 Å². The summed E-state index contributed by atoms with van der Waals surface area (Å²) in [5.74, 6) is 2.19. The molecule has 0 atom stereocenters. The van der Waals surface area contributed by atoms with Gasteiger partial charge in [0.25, 0.3) is 0 Å². The number of thiazole rings is 1. The third kappa shape index (κ3) is 7.31. The molecule has 1 fully saturated rings. The van der Waals surface area contributed by atoms with Gasteiger partial charge >= 0.3 is 0 Å². The number of benzene rings is 3. The zero-order chi connectivity index (χ0) is 30.2. The minimum Gasteiger partial charge on any atom is -0.494 e. The van der Waals surface area contributed by atoms with Crippen molar-refractivity contribution in [1.29, 1.82) is 0 Å². The van der Waals surface area contributed by atoms with Gasteiger partial charge in [0, 0.05) is 25.0 Å². The van der Waals surface area contributed by atoms with E-state index >= 15 is 0 Å². The Morgan fingerprint density at radius 2 is 1.56 bits per heavy atom. The van der Waals surface area contributed by atoms with Crippen molar-refractivity contribution in [3.05, 3.63) is 82.5 Å². The number of sulfonamides is 1. The molecule has 3 aromatic carbocycles. The largest absolute Gasteiger partial charge is 0.494 e. The second-order valence-corrected chi connectivity index (χ2v) is 13.2. The molecule has 1 saturated heterocycles. The number of hydrogen-bond acceptors (Lipinski definition) is 7. The number of nitrogens with zero attached hydrogens (tertiary/aromatic N) is 3. The molecule has 1 aromatic heterocycles. The minimum atomic E-state index is -3.52. The number of hydrogen-bond donors (Lipinski definition) is 0. The van der Waals surface area contributed by atoms with Gasteiger partial charge in [0.1, 0.15) is 5.75 Å². The van der Waals surface area contributed by atoms with Crippen LogP contribution in [-0.4, -0.2) is 51.2 Å². The Kier molecular flexibility index (Phi) is 10.2. The molecule has 0 N–H and O–H groups in total. The predicted octanol–water partition coefficient (Wildman–Crippen LogP) is 6.67. The molecule has 43 heavy (non-hydrogen) atoms. The van der Waals surface area contributed by atoms with Crippen molar-refractivity contribution in [1.82, 2.24) is 8.87 Å². The molecule has 0 radical (unpaired) electrons.